The highest BCUT2D eigenvalue weighted by Crippen LogP contribution is 2.34. The summed E-state index contributed by atoms with van der Waals surface area (Å²) in [5.41, 5.74) is 2.47. The van der Waals surface area contributed by atoms with Crippen molar-refractivity contribution in [1.82, 2.24) is 5.32 Å². The SMILES string of the molecule is Cc1cccc(Sc2cccc(Cl)c2CNCC(C)C)c1. The van der Waals surface area contributed by atoms with Crippen LogP contribution in [0.2, 0.25) is 5.02 Å². The summed E-state index contributed by atoms with van der Waals surface area (Å²) >= 11 is 8.17. The van der Waals surface area contributed by atoms with Gasteiger partial charge in [-0.05, 0) is 49.2 Å². The number of aryl methyl sites for hydroxylation is 1. The molecule has 2 aromatic rings. The van der Waals surface area contributed by atoms with Crippen molar-refractivity contribution in [3.63, 3.8) is 0 Å². The first kappa shape index (κ1) is 16.4. The molecule has 3 heteroatoms. The summed E-state index contributed by atoms with van der Waals surface area (Å²) in [6, 6.07) is 14.7. The van der Waals surface area contributed by atoms with Crippen LogP contribution in [-0.4, -0.2) is 6.54 Å². The number of nitrogens with one attached hydrogen (secondary N) is 1. The number of rotatable bonds is 6. The Balaban J connectivity index is 2.16. The molecule has 0 unspecified atom stereocenters. The quantitative estimate of drug-likeness (QED) is 0.749. The van der Waals surface area contributed by atoms with Crippen LogP contribution in [0.4, 0.5) is 0 Å². The standard InChI is InChI=1S/C18H22ClNS/c1-13(2)11-20-12-16-17(19)8-5-9-18(16)21-15-7-4-6-14(3)10-15/h4-10,13,20H,11-12H2,1-3H3. The summed E-state index contributed by atoms with van der Waals surface area (Å²) in [5, 5.41) is 4.32. The van der Waals surface area contributed by atoms with Crippen LogP contribution in [0, 0.1) is 12.8 Å². The fraction of sp³-hybridized carbons (Fsp3) is 0.333. The molecule has 0 heterocycles. The third-order valence-electron chi connectivity index (χ3n) is 3.15. The monoisotopic (exact) mass is 319 g/mol. The van der Waals surface area contributed by atoms with Crippen LogP contribution < -0.4 is 5.32 Å². The van der Waals surface area contributed by atoms with Gasteiger partial charge >= 0.3 is 0 Å². The second-order valence-electron chi connectivity index (χ2n) is 5.66. The fourth-order valence-electron chi connectivity index (χ4n) is 2.10. The zero-order valence-corrected chi connectivity index (χ0v) is 14.4. The Morgan fingerprint density at radius 3 is 2.62 bits per heavy atom. The summed E-state index contributed by atoms with van der Waals surface area (Å²) in [6.07, 6.45) is 0. The van der Waals surface area contributed by atoms with Gasteiger partial charge in [0.25, 0.3) is 0 Å². The third-order valence-corrected chi connectivity index (χ3v) is 4.59. The Labute approximate surface area is 137 Å². The summed E-state index contributed by atoms with van der Waals surface area (Å²) < 4.78 is 0. The van der Waals surface area contributed by atoms with E-state index in [1.807, 2.05) is 12.1 Å². The van der Waals surface area contributed by atoms with Crippen LogP contribution in [0.5, 0.6) is 0 Å². The van der Waals surface area contributed by atoms with Crippen molar-refractivity contribution in [2.24, 2.45) is 5.92 Å². The highest BCUT2D eigenvalue weighted by atomic mass is 35.5. The molecule has 0 aliphatic carbocycles. The molecule has 0 fully saturated rings. The van der Waals surface area contributed by atoms with E-state index in [9.17, 15) is 0 Å². The van der Waals surface area contributed by atoms with Crippen LogP contribution in [0.1, 0.15) is 25.0 Å². The molecule has 0 spiro atoms. The van der Waals surface area contributed by atoms with Gasteiger partial charge < -0.3 is 5.32 Å². The van der Waals surface area contributed by atoms with Crippen LogP contribution >= 0.6 is 23.4 Å². The summed E-state index contributed by atoms with van der Waals surface area (Å²) in [4.78, 5) is 2.48. The predicted molar refractivity (Wildman–Crippen MR) is 93.3 cm³/mol. The Morgan fingerprint density at radius 1 is 1.14 bits per heavy atom. The van der Waals surface area contributed by atoms with Crippen molar-refractivity contribution < 1.29 is 0 Å². The first-order valence-electron chi connectivity index (χ1n) is 7.29. The summed E-state index contributed by atoms with van der Waals surface area (Å²) in [5.74, 6) is 0.639. The van der Waals surface area contributed by atoms with Crippen molar-refractivity contribution in [1.29, 1.82) is 0 Å². The Morgan fingerprint density at radius 2 is 1.90 bits per heavy atom. The third kappa shape index (κ3) is 5.06. The van der Waals surface area contributed by atoms with Gasteiger partial charge in [-0.2, -0.15) is 0 Å². The van der Waals surface area contributed by atoms with Gasteiger partial charge in [0, 0.05) is 21.4 Å². The maximum Gasteiger partial charge on any atom is 0.0462 e. The Kier molecular flexibility index (Phi) is 6.16. The molecule has 0 aromatic heterocycles. The van der Waals surface area contributed by atoms with Crippen LogP contribution in [0.15, 0.2) is 52.3 Å². The number of benzene rings is 2. The minimum atomic E-state index is 0.639. The lowest BCUT2D eigenvalue weighted by atomic mass is 10.2. The van der Waals surface area contributed by atoms with Gasteiger partial charge in [0.05, 0.1) is 0 Å². The molecule has 0 aliphatic heterocycles. The van der Waals surface area contributed by atoms with Gasteiger partial charge in [-0.1, -0.05) is 61.0 Å². The molecule has 0 radical (unpaired) electrons. The molecule has 0 saturated carbocycles. The zero-order chi connectivity index (χ0) is 15.2. The molecule has 2 rings (SSSR count). The van der Waals surface area contributed by atoms with E-state index >= 15 is 0 Å². The first-order valence-corrected chi connectivity index (χ1v) is 8.48. The van der Waals surface area contributed by atoms with E-state index in [2.05, 4.69) is 56.4 Å². The summed E-state index contributed by atoms with van der Waals surface area (Å²) in [6.45, 7) is 8.35. The molecule has 0 saturated heterocycles. The van der Waals surface area contributed by atoms with E-state index in [4.69, 9.17) is 11.6 Å². The molecule has 2 aromatic carbocycles. The number of hydrogen-bond acceptors (Lipinski definition) is 2. The van der Waals surface area contributed by atoms with E-state index < -0.39 is 0 Å². The second-order valence-corrected chi connectivity index (χ2v) is 7.18. The van der Waals surface area contributed by atoms with E-state index in [0.717, 1.165) is 18.1 Å². The minimum absolute atomic E-state index is 0.639. The maximum absolute atomic E-state index is 6.39. The lowest BCUT2D eigenvalue weighted by Gasteiger charge is -2.13. The maximum atomic E-state index is 6.39. The van der Waals surface area contributed by atoms with Gasteiger partial charge in [0.1, 0.15) is 0 Å². The zero-order valence-electron chi connectivity index (χ0n) is 12.8. The largest absolute Gasteiger partial charge is 0.312 e. The lowest BCUT2D eigenvalue weighted by molar-refractivity contribution is 0.550. The molecule has 0 aliphatic rings. The van der Waals surface area contributed by atoms with Gasteiger partial charge in [-0.15, -0.1) is 0 Å². The van der Waals surface area contributed by atoms with Crippen LogP contribution in [0.3, 0.4) is 0 Å². The Bertz CT molecular complexity index is 596. The van der Waals surface area contributed by atoms with Crippen LogP contribution in [0.25, 0.3) is 0 Å². The molecule has 1 nitrogen and oxygen atoms in total. The molecule has 1 N–H and O–H groups in total. The highest BCUT2D eigenvalue weighted by molar-refractivity contribution is 7.99. The topological polar surface area (TPSA) is 12.0 Å². The Hall–Kier alpha value is -0.960. The highest BCUT2D eigenvalue weighted by Gasteiger charge is 2.09. The van der Waals surface area contributed by atoms with E-state index in [1.54, 1.807) is 11.8 Å². The van der Waals surface area contributed by atoms with Gasteiger partial charge in [0.15, 0.2) is 0 Å². The van der Waals surface area contributed by atoms with E-state index in [1.165, 1.54) is 20.9 Å². The van der Waals surface area contributed by atoms with Crippen molar-refractivity contribution in [3.05, 3.63) is 58.6 Å². The summed E-state index contributed by atoms with van der Waals surface area (Å²) in [7, 11) is 0. The molecule has 112 valence electrons. The van der Waals surface area contributed by atoms with Gasteiger partial charge in [-0.25, -0.2) is 0 Å². The minimum Gasteiger partial charge on any atom is -0.312 e. The molecule has 21 heavy (non-hydrogen) atoms. The molecular formula is C18H22ClNS. The van der Waals surface area contributed by atoms with Crippen molar-refractivity contribution in [2.75, 3.05) is 6.54 Å². The number of halogens is 1. The van der Waals surface area contributed by atoms with Crippen molar-refractivity contribution in [3.8, 4) is 0 Å². The molecule has 0 bridgehead atoms. The molecule has 0 amide bonds. The smallest absolute Gasteiger partial charge is 0.0462 e. The normalized spacial score (nSPS) is 11.1. The van der Waals surface area contributed by atoms with Crippen molar-refractivity contribution in [2.45, 2.75) is 37.1 Å². The van der Waals surface area contributed by atoms with Crippen molar-refractivity contribution >= 4 is 23.4 Å². The lowest BCUT2D eigenvalue weighted by Crippen LogP contribution is -2.19. The molecule has 0 atom stereocenters. The van der Waals surface area contributed by atoms with Crippen LogP contribution in [-0.2, 0) is 6.54 Å². The van der Waals surface area contributed by atoms with Gasteiger partial charge in [0.2, 0.25) is 0 Å². The average Bonchev–Trinajstić information content (AvgIpc) is 2.41. The van der Waals surface area contributed by atoms with Gasteiger partial charge in [-0.3, -0.25) is 0 Å². The van der Waals surface area contributed by atoms with E-state index in [-0.39, 0.29) is 0 Å². The first-order chi connectivity index (χ1) is 10.1. The average molecular weight is 320 g/mol. The predicted octanol–water partition coefficient (Wildman–Crippen LogP) is 5.55. The molecular weight excluding hydrogens is 298 g/mol. The second kappa shape index (κ2) is 7.88. The number of hydrogen-bond donors (Lipinski definition) is 1. The van der Waals surface area contributed by atoms with E-state index in [0.29, 0.717) is 5.92 Å². The fourth-order valence-corrected chi connectivity index (χ4v) is 3.49.